The van der Waals surface area contributed by atoms with E-state index in [1.54, 1.807) is 0 Å². The van der Waals surface area contributed by atoms with Crippen LogP contribution in [0.1, 0.15) is 54.2 Å². The number of nitrogens with one attached hydrogen (secondary N) is 2. The molecule has 0 aromatic carbocycles. The first-order valence-electron chi connectivity index (χ1n) is 6.44. The minimum absolute atomic E-state index is 0.173. The van der Waals surface area contributed by atoms with Crippen LogP contribution in [-0.4, -0.2) is 26.1 Å². The second-order valence-electron chi connectivity index (χ2n) is 4.66. The van der Waals surface area contributed by atoms with Gasteiger partial charge in [-0.15, -0.1) is 16.4 Å². The fourth-order valence-electron chi connectivity index (χ4n) is 1.81. The van der Waals surface area contributed by atoms with E-state index in [1.807, 2.05) is 5.38 Å². The third-order valence-corrected chi connectivity index (χ3v) is 3.74. The van der Waals surface area contributed by atoms with Gasteiger partial charge in [0.1, 0.15) is 5.82 Å². The number of hydrogen-bond acceptors (Lipinski definition) is 5. The zero-order valence-corrected chi connectivity index (χ0v) is 11.5. The van der Waals surface area contributed by atoms with Crippen LogP contribution in [0.15, 0.2) is 5.38 Å². The van der Waals surface area contributed by atoms with Gasteiger partial charge in [0.25, 0.3) is 5.91 Å². The van der Waals surface area contributed by atoms with E-state index < -0.39 is 0 Å². The van der Waals surface area contributed by atoms with Crippen LogP contribution in [-0.2, 0) is 6.42 Å². The molecule has 0 unspecified atom stereocenters. The van der Waals surface area contributed by atoms with Crippen molar-refractivity contribution in [2.24, 2.45) is 0 Å². The van der Waals surface area contributed by atoms with Crippen LogP contribution in [0, 0.1) is 0 Å². The summed E-state index contributed by atoms with van der Waals surface area (Å²) < 4.78 is 0. The number of carbonyl (C=O) groups excluding carboxylic acids is 1. The predicted molar refractivity (Wildman–Crippen MR) is 72.4 cm³/mol. The van der Waals surface area contributed by atoms with Crippen molar-refractivity contribution in [3.8, 4) is 0 Å². The maximum atomic E-state index is 11.9. The van der Waals surface area contributed by atoms with Gasteiger partial charge in [0.05, 0.1) is 5.69 Å². The number of H-pyrrole nitrogens is 1. The van der Waals surface area contributed by atoms with Crippen LogP contribution in [0.3, 0.4) is 0 Å². The summed E-state index contributed by atoms with van der Waals surface area (Å²) in [7, 11) is 0. The number of thiazole rings is 1. The van der Waals surface area contributed by atoms with Crippen LogP contribution in [0.25, 0.3) is 0 Å². The standard InChI is InChI=1S/C12H15N5OS/c1-2-3-9-14-10(17-16-9)11(18)15-12-13-8(6-19-12)7-4-5-7/h6-7H,2-5H2,1H3,(H,13,15,18)(H,14,16,17). The number of carbonyl (C=O) groups is 1. The fourth-order valence-corrected chi connectivity index (χ4v) is 2.60. The molecule has 0 aliphatic heterocycles. The lowest BCUT2D eigenvalue weighted by molar-refractivity contribution is 0.101. The first-order valence-corrected chi connectivity index (χ1v) is 7.32. The molecule has 1 aliphatic rings. The maximum absolute atomic E-state index is 11.9. The van der Waals surface area contributed by atoms with Crippen molar-refractivity contribution < 1.29 is 4.79 Å². The Morgan fingerprint density at radius 1 is 1.53 bits per heavy atom. The van der Waals surface area contributed by atoms with E-state index in [4.69, 9.17) is 0 Å². The zero-order valence-electron chi connectivity index (χ0n) is 10.6. The molecule has 7 heteroatoms. The molecule has 2 heterocycles. The second-order valence-corrected chi connectivity index (χ2v) is 5.52. The highest BCUT2D eigenvalue weighted by Gasteiger charge is 2.26. The van der Waals surface area contributed by atoms with Crippen molar-refractivity contribution in [1.82, 2.24) is 20.2 Å². The van der Waals surface area contributed by atoms with E-state index in [9.17, 15) is 4.79 Å². The van der Waals surface area contributed by atoms with Crippen molar-refractivity contribution in [1.29, 1.82) is 0 Å². The summed E-state index contributed by atoms with van der Waals surface area (Å²) in [6.45, 7) is 2.05. The molecule has 100 valence electrons. The number of nitrogens with zero attached hydrogens (tertiary/aromatic N) is 3. The monoisotopic (exact) mass is 277 g/mol. The summed E-state index contributed by atoms with van der Waals surface area (Å²) in [5.41, 5.74) is 1.09. The molecule has 0 saturated heterocycles. The summed E-state index contributed by atoms with van der Waals surface area (Å²) >= 11 is 1.45. The maximum Gasteiger partial charge on any atom is 0.297 e. The smallest absolute Gasteiger partial charge is 0.295 e. The SMILES string of the molecule is CCCc1nc(C(=O)Nc2nc(C3CC3)cs2)n[nH]1. The molecule has 2 aromatic heterocycles. The molecule has 19 heavy (non-hydrogen) atoms. The molecular weight excluding hydrogens is 262 g/mol. The average Bonchev–Trinajstić information content (AvgIpc) is 2.96. The molecule has 1 fully saturated rings. The van der Waals surface area contributed by atoms with E-state index in [0.29, 0.717) is 11.0 Å². The van der Waals surface area contributed by atoms with Crippen molar-refractivity contribution in [2.45, 2.75) is 38.5 Å². The zero-order chi connectivity index (χ0) is 13.2. The van der Waals surface area contributed by atoms with E-state index in [1.165, 1.54) is 24.2 Å². The van der Waals surface area contributed by atoms with Gasteiger partial charge < -0.3 is 0 Å². The summed E-state index contributed by atoms with van der Waals surface area (Å²) in [6, 6.07) is 0. The fraction of sp³-hybridized carbons (Fsp3) is 0.500. The van der Waals surface area contributed by atoms with E-state index in [0.717, 1.165) is 24.4 Å². The van der Waals surface area contributed by atoms with E-state index in [-0.39, 0.29) is 11.7 Å². The Kier molecular flexibility index (Phi) is 3.29. The first kappa shape index (κ1) is 12.3. The van der Waals surface area contributed by atoms with Crippen LogP contribution in [0.2, 0.25) is 0 Å². The third kappa shape index (κ3) is 2.81. The highest BCUT2D eigenvalue weighted by molar-refractivity contribution is 7.14. The number of hydrogen-bond donors (Lipinski definition) is 2. The number of aryl methyl sites for hydroxylation is 1. The minimum Gasteiger partial charge on any atom is -0.295 e. The Morgan fingerprint density at radius 3 is 3.11 bits per heavy atom. The van der Waals surface area contributed by atoms with Gasteiger partial charge in [-0.2, -0.15) is 0 Å². The molecule has 1 saturated carbocycles. The number of amides is 1. The highest BCUT2D eigenvalue weighted by atomic mass is 32.1. The van der Waals surface area contributed by atoms with Crippen LogP contribution >= 0.6 is 11.3 Å². The Hall–Kier alpha value is -1.76. The van der Waals surface area contributed by atoms with Crippen molar-refractivity contribution in [2.75, 3.05) is 5.32 Å². The van der Waals surface area contributed by atoms with Crippen LogP contribution in [0.5, 0.6) is 0 Å². The number of rotatable bonds is 5. The van der Waals surface area contributed by atoms with Crippen LogP contribution in [0.4, 0.5) is 5.13 Å². The highest BCUT2D eigenvalue weighted by Crippen LogP contribution is 2.40. The normalized spacial score (nSPS) is 14.6. The molecule has 0 radical (unpaired) electrons. The number of aromatic amines is 1. The molecule has 1 amide bonds. The molecule has 6 nitrogen and oxygen atoms in total. The lowest BCUT2D eigenvalue weighted by atomic mass is 10.3. The van der Waals surface area contributed by atoms with Gasteiger partial charge in [0.2, 0.25) is 5.82 Å². The Balaban J connectivity index is 1.65. The van der Waals surface area contributed by atoms with E-state index in [2.05, 4.69) is 32.4 Å². The molecule has 1 aliphatic carbocycles. The van der Waals surface area contributed by atoms with Crippen molar-refractivity contribution in [3.05, 3.63) is 22.7 Å². The summed E-state index contributed by atoms with van der Waals surface area (Å²) in [5.74, 6) is 1.20. The second kappa shape index (κ2) is 5.08. The Labute approximate surface area is 114 Å². The largest absolute Gasteiger partial charge is 0.297 e. The van der Waals surface area contributed by atoms with Gasteiger partial charge in [0.15, 0.2) is 5.13 Å². The lowest BCUT2D eigenvalue weighted by Crippen LogP contribution is -2.13. The molecule has 2 aromatic rings. The summed E-state index contributed by atoms with van der Waals surface area (Å²) in [4.78, 5) is 20.5. The number of anilines is 1. The van der Waals surface area contributed by atoms with E-state index >= 15 is 0 Å². The molecule has 0 spiro atoms. The van der Waals surface area contributed by atoms with Gasteiger partial charge in [0, 0.05) is 17.7 Å². The Morgan fingerprint density at radius 2 is 2.37 bits per heavy atom. The lowest BCUT2D eigenvalue weighted by Gasteiger charge is -1.96. The molecule has 0 atom stereocenters. The molecule has 2 N–H and O–H groups in total. The van der Waals surface area contributed by atoms with Gasteiger partial charge in [-0.25, -0.2) is 9.97 Å². The van der Waals surface area contributed by atoms with Crippen LogP contribution < -0.4 is 5.32 Å². The first-order chi connectivity index (χ1) is 9.26. The quantitative estimate of drug-likeness (QED) is 0.878. The van der Waals surface area contributed by atoms with Gasteiger partial charge in [-0.05, 0) is 19.3 Å². The molecule has 3 rings (SSSR count). The Bertz CT molecular complexity index is 586. The third-order valence-electron chi connectivity index (χ3n) is 2.96. The minimum atomic E-state index is -0.310. The summed E-state index contributed by atoms with van der Waals surface area (Å²) in [6.07, 6.45) is 4.17. The number of aromatic nitrogens is 4. The summed E-state index contributed by atoms with van der Waals surface area (Å²) in [5, 5.41) is 12.0. The van der Waals surface area contributed by atoms with Crippen molar-refractivity contribution >= 4 is 22.4 Å². The molecular formula is C12H15N5OS. The topological polar surface area (TPSA) is 83.6 Å². The van der Waals surface area contributed by atoms with Gasteiger partial charge in [-0.1, -0.05) is 6.92 Å². The van der Waals surface area contributed by atoms with Gasteiger partial charge >= 0.3 is 0 Å². The predicted octanol–water partition coefficient (Wildman–Crippen LogP) is 2.34. The van der Waals surface area contributed by atoms with Crippen molar-refractivity contribution in [3.63, 3.8) is 0 Å². The molecule has 0 bridgehead atoms. The average molecular weight is 277 g/mol. The van der Waals surface area contributed by atoms with Gasteiger partial charge in [-0.3, -0.25) is 15.2 Å².